The molecule has 4 nitrogen and oxygen atoms in total. The van der Waals surface area contributed by atoms with Crippen LogP contribution in [0.25, 0.3) is 0 Å². The van der Waals surface area contributed by atoms with Crippen LogP contribution in [0.3, 0.4) is 0 Å². The number of aliphatic hydroxyl groups excluding tert-OH is 1. The first-order chi connectivity index (χ1) is 10.4. The molecule has 4 N–H and O–H groups in total. The second-order valence-electron chi connectivity index (χ2n) is 6.81. The average Bonchev–Trinajstić information content (AvgIpc) is 2.44. The fourth-order valence-electron chi connectivity index (χ4n) is 3.27. The molecule has 1 atom stereocenters. The standard InChI is InChI=1S/C18H28N2O2/c1-12-4-9-17(13(2)10-12)20-18(22)11-14(3)19-15-5-7-16(21)8-6-15/h4,9-10,14-16,19,21H,5-8,11H2,1-3H3,(H,20,22)/p+1/t14-,15?,16?/m1/s1. The maximum atomic E-state index is 12.2. The van der Waals surface area contributed by atoms with Gasteiger partial charge in [-0.05, 0) is 45.2 Å². The van der Waals surface area contributed by atoms with Crippen LogP contribution in [-0.4, -0.2) is 29.2 Å². The van der Waals surface area contributed by atoms with E-state index in [9.17, 15) is 9.90 Å². The Bertz CT molecular complexity index is 508. The van der Waals surface area contributed by atoms with Crippen LogP contribution >= 0.6 is 0 Å². The van der Waals surface area contributed by atoms with Crippen molar-refractivity contribution in [3.8, 4) is 0 Å². The van der Waals surface area contributed by atoms with Crippen LogP contribution in [0.1, 0.15) is 50.2 Å². The largest absolute Gasteiger partial charge is 0.393 e. The van der Waals surface area contributed by atoms with Crippen LogP contribution in [0.15, 0.2) is 18.2 Å². The van der Waals surface area contributed by atoms with E-state index in [-0.39, 0.29) is 18.1 Å². The third-order valence-corrected chi connectivity index (χ3v) is 4.51. The van der Waals surface area contributed by atoms with Gasteiger partial charge in [-0.2, -0.15) is 0 Å². The molecule has 0 radical (unpaired) electrons. The Morgan fingerprint density at radius 3 is 2.64 bits per heavy atom. The number of nitrogens with one attached hydrogen (secondary N) is 1. The highest BCUT2D eigenvalue weighted by Crippen LogP contribution is 2.17. The van der Waals surface area contributed by atoms with E-state index in [2.05, 4.69) is 30.5 Å². The first-order valence-corrected chi connectivity index (χ1v) is 8.34. The summed E-state index contributed by atoms with van der Waals surface area (Å²) >= 11 is 0. The van der Waals surface area contributed by atoms with E-state index in [0.717, 1.165) is 36.9 Å². The number of quaternary nitrogens is 1. The fraction of sp³-hybridized carbons (Fsp3) is 0.611. The predicted molar refractivity (Wildman–Crippen MR) is 88.8 cm³/mol. The lowest BCUT2D eigenvalue weighted by Gasteiger charge is -2.26. The number of amides is 1. The van der Waals surface area contributed by atoms with Crippen molar-refractivity contribution < 1.29 is 15.2 Å². The number of benzene rings is 1. The zero-order chi connectivity index (χ0) is 16.1. The molecule has 0 spiro atoms. The van der Waals surface area contributed by atoms with Crippen LogP contribution in [0.5, 0.6) is 0 Å². The topological polar surface area (TPSA) is 65.9 Å². The first kappa shape index (κ1) is 17.0. The molecule has 1 amide bonds. The summed E-state index contributed by atoms with van der Waals surface area (Å²) in [4.78, 5) is 12.2. The smallest absolute Gasteiger partial charge is 0.230 e. The summed E-state index contributed by atoms with van der Waals surface area (Å²) < 4.78 is 0. The quantitative estimate of drug-likeness (QED) is 0.778. The van der Waals surface area contributed by atoms with Gasteiger partial charge in [-0.1, -0.05) is 17.7 Å². The Hall–Kier alpha value is -1.39. The zero-order valence-corrected chi connectivity index (χ0v) is 13.9. The molecule has 1 aromatic rings. The summed E-state index contributed by atoms with van der Waals surface area (Å²) in [5.74, 6) is 0.0755. The lowest BCUT2D eigenvalue weighted by Crippen LogP contribution is -2.95. The lowest BCUT2D eigenvalue weighted by molar-refractivity contribution is -0.720. The Kier molecular flexibility index (Phi) is 5.98. The van der Waals surface area contributed by atoms with Crippen molar-refractivity contribution >= 4 is 11.6 Å². The number of carbonyl (C=O) groups excluding carboxylic acids is 1. The van der Waals surface area contributed by atoms with Gasteiger partial charge in [0, 0.05) is 18.5 Å². The average molecular weight is 305 g/mol. The highest BCUT2D eigenvalue weighted by molar-refractivity contribution is 5.91. The number of carbonyl (C=O) groups is 1. The van der Waals surface area contributed by atoms with Crippen molar-refractivity contribution in [3.63, 3.8) is 0 Å². The molecule has 4 heteroatoms. The van der Waals surface area contributed by atoms with Crippen LogP contribution in [0.2, 0.25) is 0 Å². The van der Waals surface area contributed by atoms with Crippen molar-refractivity contribution in [2.24, 2.45) is 0 Å². The Labute approximate surface area is 133 Å². The summed E-state index contributed by atoms with van der Waals surface area (Å²) in [6, 6.07) is 6.89. The molecule has 0 heterocycles. The number of anilines is 1. The number of hydrogen-bond acceptors (Lipinski definition) is 2. The zero-order valence-electron chi connectivity index (χ0n) is 13.9. The van der Waals surface area contributed by atoms with Gasteiger partial charge in [-0.3, -0.25) is 4.79 Å². The molecule has 0 saturated heterocycles. The van der Waals surface area contributed by atoms with E-state index in [1.54, 1.807) is 0 Å². The molecule has 1 aliphatic carbocycles. The van der Waals surface area contributed by atoms with Crippen molar-refractivity contribution in [2.45, 2.75) is 71.1 Å². The van der Waals surface area contributed by atoms with Gasteiger partial charge in [0.1, 0.15) is 0 Å². The molecule has 1 saturated carbocycles. The number of nitrogens with two attached hydrogens (primary N) is 1. The number of aliphatic hydroxyl groups is 1. The summed E-state index contributed by atoms with van der Waals surface area (Å²) in [5.41, 5.74) is 3.21. The van der Waals surface area contributed by atoms with E-state index in [4.69, 9.17) is 0 Å². The fourth-order valence-corrected chi connectivity index (χ4v) is 3.27. The molecule has 1 aliphatic rings. The molecule has 2 rings (SSSR count). The van der Waals surface area contributed by atoms with Crippen LogP contribution < -0.4 is 10.6 Å². The summed E-state index contributed by atoms with van der Waals surface area (Å²) in [6.07, 6.45) is 4.28. The molecular weight excluding hydrogens is 276 g/mol. The van der Waals surface area contributed by atoms with E-state index < -0.39 is 0 Å². The third-order valence-electron chi connectivity index (χ3n) is 4.51. The van der Waals surface area contributed by atoms with Crippen molar-refractivity contribution in [3.05, 3.63) is 29.3 Å². The van der Waals surface area contributed by atoms with E-state index in [1.165, 1.54) is 5.56 Å². The van der Waals surface area contributed by atoms with E-state index >= 15 is 0 Å². The lowest BCUT2D eigenvalue weighted by atomic mass is 9.92. The Morgan fingerprint density at radius 1 is 1.32 bits per heavy atom. The molecule has 122 valence electrons. The van der Waals surface area contributed by atoms with Crippen molar-refractivity contribution in [1.82, 2.24) is 0 Å². The van der Waals surface area contributed by atoms with E-state index in [0.29, 0.717) is 12.5 Å². The molecule has 0 bridgehead atoms. The highest BCUT2D eigenvalue weighted by atomic mass is 16.3. The minimum Gasteiger partial charge on any atom is -0.393 e. The molecule has 0 unspecified atom stereocenters. The van der Waals surface area contributed by atoms with Gasteiger partial charge in [0.05, 0.1) is 24.6 Å². The maximum Gasteiger partial charge on any atom is 0.230 e. The first-order valence-electron chi connectivity index (χ1n) is 8.34. The van der Waals surface area contributed by atoms with Crippen LogP contribution in [-0.2, 0) is 4.79 Å². The van der Waals surface area contributed by atoms with Crippen molar-refractivity contribution in [1.29, 1.82) is 0 Å². The van der Waals surface area contributed by atoms with Gasteiger partial charge in [-0.15, -0.1) is 0 Å². The third kappa shape index (κ3) is 5.11. The van der Waals surface area contributed by atoms with Gasteiger partial charge in [0.25, 0.3) is 0 Å². The second kappa shape index (κ2) is 7.75. The van der Waals surface area contributed by atoms with Gasteiger partial charge in [0.15, 0.2) is 0 Å². The number of hydrogen-bond donors (Lipinski definition) is 3. The maximum absolute atomic E-state index is 12.2. The molecule has 22 heavy (non-hydrogen) atoms. The molecular formula is C18H29N2O2+. The Morgan fingerprint density at radius 2 is 2.00 bits per heavy atom. The van der Waals surface area contributed by atoms with Crippen LogP contribution in [0, 0.1) is 13.8 Å². The second-order valence-corrected chi connectivity index (χ2v) is 6.81. The van der Waals surface area contributed by atoms with Gasteiger partial charge in [0.2, 0.25) is 5.91 Å². The molecule has 1 fully saturated rings. The van der Waals surface area contributed by atoms with Gasteiger partial charge in [-0.25, -0.2) is 0 Å². The molecule has 1 aromatic carbocycles. The molecule has 0 aromatic heterocycles. The summed E-state index contributed by atoms with van der Waals surface area (Å²) in [7, 11) is 0. The SMILES string of the molecule is Cc1ccc(NC(=O)C[C@@H](C)[NH2+]C2CCC(O)CC2)c(C)c1. The highest BCUT2D eigenvalue weighted by Gasteiger charge is 2.24. The monoisotopic (exact) mass is 305 g/mol. The summed E-state index contributed by atoms with van der Waals surface area (Å²) in [5, 5.41) is 14.9. The van der Waals surface area contributed by atoms with E-state index in [1.807, 2.05) is 19.1 Å². The minimum absolute atomic E-state index is 0.0755. The van der Waals surface area contributed by atoms with Crippen LogP contribution in [0.4, 0.5) is 5.69 Å². The minimum atomic E-state index is -0.118. The van der Waals surface area contributed by atoms with Crippen molar-refractivity contribution in [2.75, 3.05) is 5.32 Å². The van der Waals surface area contributed by atoms with Gasteiger partial charge >= 0.3 is 0 Å². The molecule has 0 aliphatic heterocycles. The summed E-state index contributed by atoms with van der Waals surface area (Å²) in [6.45, 7) is 6.18. The predicted octanol–water partition coefficient (Wildman–Crippen LogP) is 1.89. The number of rotatable bonds is 5. The Balaban J connectivity index is 1.78. The number of aryl methyl sites for hydroxylation is 2. The van der Waals surface area contributed by atoms with Gasteiger partial charge < -0.3 is 15.7 Å². The normalized spacial score (nSPS) is 23.1.